The van der Waals surface area contributed by atoms with Crippen LogP contribution in [0.2, 0.25) is 0 Å². The van der Waals surface area contributed by atoms with E-state index in [9.17, 15) is 0 Å². The summed E-state index contributed by atoms with van der Waals surface area (Å²) in [4.78, 5) is 1.32. The lowest BCUT2D eigenvalue weighted by Gasteiger charge is -2.18. The highest BCUT2D eigenvalue weighted by atomic mass is 79.9. The molecule has 1 N–H and O–H groups in total. The van der Waals surface area contributed by atoms with Crippen molar-refractivity contribution in [1.29, 1.82) is 0 Å². The molecule has 0 aliphatic carbocycles. The third kappa shape index (κ3) is 4.08. The van der Waals surface area contributed by atoms with Gasteiger partial charge in [-0.15, -0.1) is 11.3 Å². The smallest absolute Gasteiger partial charge is 0.119 e. The molecule has 4 heteroatoms. The maximum atomic E-state index is 5.69. The number of rotatable bonds is 6. The van der Waals surface area contributed by atoms with E-state index in [0.717, 1.165) is 16.1 Å². The molecule has 0 radical (unpaired) electrons. The Hall–Kier alpha value is -0.840. The summed E-state index contributed by atoms with van der Waals surface area (Å²) in [5.74, 6) is 0.923. The van der Waals surface area contributed by atoms with Crippen molar-refractivity contribution in [3.63, 3.8) is 0 Å². The minimum Gasteiger partial charge on any atom is -0.491 e. The van der Waals surface area contributed by atoms with Crippen LogP contribution in [0, 0.1) is 0 Å². The number of hydrogen-bond donors (Lipinski definition) is 1. The molecule has 1 atom stereocenters. The van der Waals surface area contributed by atoms with Crippen molar-refractivity contribution in [3.8, 4) is 5.75 Å². The van der Waals surface area contributed by atoms with Crippen LogP contribution in [-0.2, 0) is 0 Å². The molecule has 0 aliphatic rings. The fourth-order valence-corrected chi connectivity index (χ4v) is 3.61. The van der Waals surface area contributed by atoms with Crippen LogP contribution in [0.3, 0.4) is 0 Å². The van der Waals surface area contributed by atoms with Crippen LogP contribution in [-0.4, -0.2) is 12.6 Å². The van der Waals surface area contributed by atoms with E-state index in [1.54, 1.807) is 11.3 Å². The highest BCUT2D eigenvalue weighted by Gasteiger charge is 2.15. The van der Waals surface area contributed by atoms with Crippen molar-refractivity contribution in [1.82, 2.24) is 5.32 Å². The van der Waals surface area contributed by atoms with Crippen molar-refractivity contribution in [2.45, 2.75) is 32.9 Å². The van der Waals surface area contributed by atoms with Gasteiger partial charge in [0, 0.05) is 4.88 Å². The van der Waals surface area contributed by atoms with E-state index in [0.29, 0.717) is 0 Å². The Balaban J connectivity index is 2.21. The van der Waals surface area contributed by atoms with Gasteiger partial charge in [-0.1, -0.05) is 19.1 Å². The molecule has 1 aromatic heterocycles. The zero-order valence-corrected chi connectivity index (χ0v) is 14.4. The highest BCUT2D eigenvalue weighted by molar-refractivity contribution is 9.11. The van der Waals surface area contributed by atoms with Crippen molar-refractivity contribution in [2.24, 2.45) is 0 Å². The molecule has 1 heterocycles. The van der Waals surface area contributed by atoms with Gasteiger partial charge in [0.1, 0.15) is 5.75 Å². The van der Waals surface area contributed by atoms with Crippen LogP contribution in [0.1, 0.15) is 37.3 Å². The van der Waals surface area contributed by atoms with E-state index in [1.807, 2.05) is 26.0 Å². The van der Waals surface area contributed by atoms with E-state index >= 15 is 0 Å². The first-order chi connectivity index (χ1) is 9.60. The first-order valence-electron chi connectivity index (χ1n) is 6.85. The van der Waals surface area contributed by atoms with E-state index in [2.05, 4.69) is 52.4 Å². The minimum absolute atomic E-state index is 0.207. The third-order valence-corrected chi connectivity index (χ3v) is 4.56. The molecule has 0 amide bonds. The molecule has 1 aromatic carbocycles. The Kier molecular flexibility index (Phi) is 5.64. The molecule has 2 rings (SSSR count). The average molecular weight is 354 g/mol. The summed E-state index contributed by atoms with van der Waals surface area (Å²) in [7, 11) is 0. The third-order valence-electron chi connectivity index (χ3n) is 2.87. The molecule has 2 aromatic rings. The van der Waals surface area contributed by atoms with Gasteiger partial charge in [0.05, 0.1) is 15.9 Å². The summed E-state index contributed by atoms with van der Waals surface area (Å²) in [6.45, 7) is 7.15. The number of thiophene rings is 1. The van der Waals surface area contributed by atoms with Gasteiger partial charge in [0.2, 0.25) is 0 Å². The van der Waals surface area contributed by atoms with Gasteiger partial charge in [-0.3, -0.25) is 0 Å². The maximum absolute atomic E-state index is 5.69. The zero-order chi connectivity index (χ0) is 14.5. The molecule has 2 nitrogen and oxygen atoms in total. The van der Waals surface area contributed by atoms with Gasteiger partial charge in [0.15, 0.2) is 0 Å². The molecule has 20 heavy (non-hydrogen) atoms. The number of benzene rings is 1. The summed E-state index contributed by atoms with van der Waals surface area (Å²) >= 11 is 5.30. The molecule has 0 spiro atoms. The van der Waals surface area contributed by atoms with Crippen LogP contribution >= 0.6 is 27.3 Å². The van der Waals surface area contributed by atoms with Crippen LogP contribution < -0.4 is 10.1 Å². The molecule has 0 saturated carbocycles. The molecule has 0 saturated heterocycles. The van der Waals surface area contributed by atoms with E-state index in [-0.39, 0.29) is 12.1 Å². The van der Waals surface area contributed by atoms with Crippen molar-refractivity contribution < 1.29 is 4.74 Å². The Morgan fingerprint density at radius 1 is 1.15 bits per heavy atom. The Morgan fingerprint density at radius 3 is 2.35 bits per heavy atom. The highest BCUT2D eigenvalue weighted by Crippen LogP contribution is 2.32. The van der Waals surface area contributed by atoms with Crippen molar-refractivity contribution in [2.75, 3.05) is 6.54 Å². The van der Waals surface area contributed by atoms with Gasteiger partial charge in [-0.2, -0.15) is 0 Å². The second kappa shape index (κ2) is 7.25. The SMILES string of the molecule is CCNC(c1ccc(OC(C)C)cc1)c1ccc(Br)s1. The minimum atomic E-state index is 0.207. The van der Waals surface area contributed by atoms with Gasteiger partial charge in [-0.05, 0) is 66.2 Å². The molecule has 0 aliphatic heterocycles. The average Bonchev–Trinajstić information content (AvgIpc) is 2.83. The van der Waals surface area contributed by atoms with Crippen LogP contribution in [0.4, 0.5) is 0 Å². The Labute approximate surface area is 133 Å². The second-order valence-electron chi connectivity index (χ2n) is 4.87. The topological polar surface area (TPSA) is 21.3 Å². The first-order valence-corrected chi connectivity index (χ1v) is 8.46. The largest absolute Gasteiger partial charge is 0.491 e. The van der Waals surface area contributed by atoms with Crippen molar-refractivity contribution >= 4 is 27.3 Å². The van der Waals surface area contributed by atoms with Crippen LogP contribution in [0.25, 0.3) is 0 Å². The molecular formula is C16H20BrNOS. The predicted molar refractivity (Wildman–Crippen MR) is 89.7 cm³/mol. The maximum Gasteiger partial charge on any atom is 0.119 e. The number of halogens is 1. The van der Waals surface area contributed by atoms with Gasteiger partial charge in [0.25, 0.3) is 0 Å². The first kappa shape index (κ1) is 15.5. The number of ether oxygens (including phenoxy) is 1. The molecule has 108 valence electrons. The van der Waals surface area contributed by atoms with Crippen LogP contribution in [0.5, 0.6) is 5.75 Å². The summed E-state index contributed by atoms with van der Waals surface area (Å²) < 4.78 is 6.86. The predicted octanol–water partition coefficient (Wildman–Crippen LogP) is 5.00. The van der Waals surface area contributed by atoms with Crippen molar-refractivity contribution in [3.05, 3.63) is 50.6 Å². The Bertz CT molecular complexity index is 536. The number of hydrogen-bond acceptors (Lipinski definition) is 3. The molecule has 0 fully saturated rings. The van der Waals surface area contributed by atoms with Gasteiger partial charge < -0.3 is 10.1 Å². The fraction of sp³-hybridized carbons (Fsp3) is 0.375. The quantitative estimate of drug-likeness (QED) is 0.789. The van der Waals surface area contributed by atoms with Crippen LogP contribution in [0.15, 0.2) is 40.2 Å². The van der Waals surface area contributed by atoms with Gasteiger partial charge >= 0.3 is 0 Å². The monoisotopic (exact) mass is 353 g/mol. The molecular weight excluding hydrogens is 334 g/mol. The summed E-state index contributed by atoms with van der Waals surface area (Å²) in [5, 5.41) is 3.54. The Morgan fingerprint density at radius 2 is 1.85 bits per heavy atom. The molecule has 0 bridgehead atoms. The van der Waals surface area contributed by atoms with E-state index in [1.165, 1.54) is 10.4 Å². The lowest BCUT2D eigenvalue weighted by molar-refractivity contribution is 0.242. The number of nitrogens with one attached hydrogen (secondary N) is 1. The normalized spacial score (nSPS) is 12.7. The van der Waals surface area contributed by atoms with E-state index in [4.69, 9.17) is 4.74 Å². The fourth-order valence-electron chi connectivity index (χ4n) is 2.08. The van der Waals surface area contributed by atoms with Gasteiger partial charge in [-0.25, -0.2) is 0 Å². The second-order valence-corrected chi connectivity index (χ2v) is 7.36. The summed E-state index contributed by atoms with van der Waals surface area (Å²) in [6.07, 6.45) is 0.207. The molecule has 1 unspecified atom stereocenters. The zero-order valence-electron chi connectivity index (χ0n) is 12.0. The summed E-state index contributed by atoms with van der Waals surface area (Å²) in [5.41, 5.74) is 1.26. The standard InChI is InChI=1S/C16H20BrNOS/c1-4-18-16(14-9-10-15(17)20-14)12-5-7-13(8-6-12)19-11(2)3/h5-11,16,18H,4H2,1-3H3. The summed E-state index contributed by atoms with van der Waals surface area (Å²) in [6, 6.07) is 12.9. The van der Waals surface area contributed by atoms with E-state index < -0.39 is 0 Å². The lowest BCUT2D eigenvalue weighted by atomic mass is 10.1. The lowest BCUT2D eigenvalue weighted by Crippen LogP contribution is -2.21.